The summed E-state index contributed by atoms with van der Waals surface area (Å²) in [6.45, 7) is 2.94. The molecule has 98 valence electrons. The summed E-state index contributed by atoms with van der Waals surface area (Å²) in [4.78, 5) is 14.0. The summed E-state index contributed by atoms with van der Waals surface area (Å²) >= 11 is 0. The highest BCUT2D eigenvalue weighted by Crippen LogP contribution is 2.22. The van der Waals surface area contributed by atoms with Crippen molar-refractivity contribution in [2.24, 2.45) is 5.92 Å². The van der Waals surface area contributed by atoms with Gasteiger partial charge in [0, 0.05) is 26.2 Å². The summed E-state index contributed by atoms with van der Waals surface area (Å²) in [6.07, 6.45) is 0.763. The molecule has 0 spiro atoms. The van der Waals surface area contributed by atoms with Gasteiger partial charge in [-0.2, -0.15) is 0 Å². The molecule has 1 amide bonds. The number of rotatable bonds is 1. The van der Waals surface area contributed by atoms with E-state index < -0.39 is 0 Å². The van der Waals surface area contributed by atoms with Gasteiger partial charge in [0.15, 0.2) is 0 Å². The molecule has 18 heavy (non-hydrogen) atoms. The lowest BCUT2D eigenvalue weighted by Crippen LogP contribution is -2.52. The standard InChI is InChI=1S/C13H15FN2O.ClH/c14-12-2-1-10-8-16(4-3-9(10)5-12)13(17)11-6-15-7-11;/h1-2,5,11,15H,3-4,6-8H2;1H. The monoisotopic (exact) mass is 270 g/mol. The van der Waals surface area contributed by atoms with Gasteiger partial charge >= 0.3 is 0 Å². The molecule has 2 aliphatic rings. The number of nitrogens with one attached hydrogen (secondary N) is 1. The molecule has 0 radical (unpaired) electrons. The second kappa shape index (κ2) is 5.24. The molecule has 0 aromatic heterocycles. The molecule has 3 nitrogen and oxygen atoms in total. The first kappa shape index (κ1) is 13.3. The number of carbonyl (C=O) groups is 1. The summed E-state index contributed by atoms with van der Waals surface area (Å²) in [6, 6.07) is 4.85. The number of benzene rings is 1. The normalized spacial score (nSPS) is 18.6. The largest absolute Gasteiger partial charge is 0.338 e. The summed E-state index contributed by atoms with van der Waals surface area (Å²) in [5.41, 5.74) is 2.12. The number of hydrogen-bond acceptors (Lipinski definition) is 2. The third-order valence-corrected chi connectivity index (χ3v) is 3.62. The molecule has 1 fully saturated rings. The van der Waals surface area contributed by atoms with Crippen LogP contribution >= 0.6 is 12.4 Å². The fourth-order valence-corrected chi connectivity index (χ4v) is 2.43. The molecule has 2 aliphatic heterocycles. The van der Waals surface area contributed by atoms with Crippen molar-refractivity contribution in [1.82, 2.24) is 10.2 Å². The predicted molar refractivity (Wildman–Crippen MR) is 69.1 cm³/mol. The Balaban J connectivity index is 0.00000120. The minimum absolute atomic E-state index is 0. The topological polar surface area (TPSA) is 32.3 Å². The van der Waals surface area contributed by atoms with Crippen LogP contribution in [0.15, 0.2) is 18.2 Å². The second-order valence-electron chi connectivity index (χ2n) is 4.78. The van der Waals surface area contributed by atoms with Crippen LogP contribution in [0, 0.1) is 11.7 Å². The van der Waals surface area contributed by atoms with Crippen molar-refractivity contribution < 1.29 is 9.18 Å². The van der Waals surface area contributed by atoms with Crippen LogP contribution in [0.5, 0.6) is 0 Å². The van der Waals surface area contributed by atoms with Gasteiger partial charge in [0.1, 0.15) is 5.82 Å². The molecule has 0 aliphatic carbocycles. The fourth-order valence-electron chi connectivity index (χ4n) is 2.43. The summed E-state index contributed by atoms with van der Waals surface area (Å²) in [5, 5.41) is 3.11. The molecule has 0 unspecified atom stereocenters. The van der Waals surface area contributed by atoms with Crippen molar-refractivity contribution >= 4 is 18.3 Å². The van der Waals surface area contributed by atoms with Crippen LogP contribution in [0.4, 0.5) is 4.39 Å². The number of nitrogens with zero attached hydrogens (tertiary/aromatic N) is 1. The lowest BCUT2D eigenvalue weighted by Gasteiger charge is -2.35. The number of halogens is 2. The predicted octanol–water partition coefficient (Wildman–Crippen LogP) is 1.35. The molecule has 5 heteroatoms. The zero-order valence-corrected chi connectivity index (χ0v) is 10.8. The maximum Gasteiger partial charge on any atom is 0.228 e. The van der Waals surface area contributed by atoms with Gasteiger partial charge in [-0.25, -0.2) is 4.39 Å². The summed E-state index contributed by atoms with van der Waals surface area (Å²) < 4.78 is 13.1. The number of hydrogen-bond donors (Lipinski definition) is 1. The van der Waals surface area contributed by atoms with Crippen LogP contribution in [-0.4, -0.2) is 30.4 Å². The van der Waals surface area contributed by atoms with Gasteiger partial charge in [-0.05, 0) is 29.7 Å². The molecule has 2 heterocycles. The maximum absolute atomic E-state index is 13.1. The van der Waals surface area contributed by atoms with Crippen molar-refractivity contribution in [3.63, 3.8) is 0 Å². The number of fused-ring (bicyclic) bond motifs is 1. The lowest BCUT2D eigenvalue weighted by atomic mass is 9.96. The third-order valence-electron chi connectivity index (χ3n) is 3.62. The average molecular weight is 271 g/mol. The van der Waals surface area contributed by atoms with E-state index in [0.29, 0.717) is 13.1 Å². The highest BCUT2D eigenvalue weighted by atomic mass is 35.5. The van der Waals surface area contributed by atoms with E-state index in [1.54, 1.807) is 12.1 Å². The lowest BCUT2D eigenvalue weighted by molar-refractivity contribution is -0.138. The highest BCUT2D eigenvalue weighted by molar-refractivity contribution is 5.85. The van der Waals surface area contributed by atoms with Gasteiger partial charge < -0.3 is 10.2 Å². The molecule has 1 N–H and O–H groups in total. The Labute approximate surface area is 112 Å². The van der Waals surface area contributed by atoms with Gasteiger partial charge in [-0.3, -0.25) is 4.79 Å². The van der Waals surface area contributed by atoms with Crippen LogP contribution < -0.4 is 5.32 Å². The molecule has 0 atom stereocenters. The van der Waals surface area contributed by atoms with Crippen molar-refractivity contribution in [2.75, 3.05) is 19.6 Å². The van der Waals surface area contributed by atoms with Crippen molar-refractivity contribution in [1.29, 1.82) is 0 Å². The van der Waals surface area contributed by atoms with E-state index in [9.17, 15) is 9.18 Å². The average Bonchev–Trinajstić information content (AvgIpc) is 2.26. The summed E-state index contributed by atoms with van der Waals surface area (Å²) in [5.74, 6) is 0.197. The second-order valence-corrected chi connectivity index (χ2v) is 4.78. The van der Waals surface area contributed by atoms with E-state index >= 15 is 0 Å². The van der Waals surface area contributed by atoms with Crippen molar-refractivity contribution in [3.8, 4) is 0 Å². The van der Waals surface area contributed by atoms with Gasteiger partial charge in [0.2, 0.25) is 5.91 Å². The minimum atomic E-state index is -0.188. The first-order valence-corrected chi connectivity index (χ1v) is 6.01. The Morgan fingerprint density at radius 1 is 1.33 bits per heavy atom. The molecule has 1 aromatic rings. The zero-order chi connectivity index (χ0) is 11.8. The molecular formula is C13H16ClFN2O. The molecule has 0 bridgehead atoms. The van der Waals surface area contributed by atoms with Gasteiger partial charge in [-0.15, -0.1) is 12.4 Å². The van der Waals surface area contributed by atoms with E-state index in [2.05, 4.69) is 5.32 Å². The minimum Gasteiger partial charge on any atom is -0.338 e. The van der Waals surface area contributed by atoms with Crippen LogP contribution in [0.3, 0.4) is 0 Å². The van der Waals surface area contributed by atoms with E-state index in [-0.39, 0.29) is 30.0 Å². The Hall–Kier alpha value is -1.13. The van der Waals surface area contributed by atoms with Crippen LogP contribution in [0.1, 0.15) is 11.1 Å². The van der Waals surface area contributed by atoms with Gasteiger partial charge in [0.25, 0.3) is 0 Å². The molecule has 1 aromatic carbocycles. The smallest absolute Gasteiger partial charge is 0.228 e. The van der Waals surface area contributed by atoms with Gasteiger partial charge in [0.05, 0.1) is 5.92 Å². The molecule has 3 rings (SSSR count). The number of carbonyl (C=O) groups excluding carboxylic acids is 1. The van der Waals surface area contributed by atoms with Crippen molar-refractivity contribution in [2.45, 2.75) is 13.0 Å². The Morgan fingerprint density at radius 2 is 2.11 bits per heavy atom. The first-order chi connectivity index (χ1) is 8.24. The zero-order valence-electron chi connectivity index (χ0n) is 9.99. The third kappa shape index (κ3) is 2.35. The Kier molecular flexibility index (Phi) is 3.88. The molecular weight excluding hydrogens is 255 g/mol. The van der Waals surface area contributed by atoms with E-state index in [0.717, 1.165) is 30.6 Å². The van der Waals surface area contributed by atoms with Crippen LogP contribution in [-0.2, 0) is 17.8 Å². The van der Waals surface area contributed by atoms with Gasteiger partial charge in [-0.1, -0.05) is 6.07 Å². The Bertz CT molecular complexity index is 462. The molecule has 0 saturated carbocycles. The quantitative estimate of drug-likeness (QED) is 0.836. The number of amides is 1. The van der Waals surface area contributed by atoms with Crippen molar-refractivity contribution in [3.05, 3.63) is 35.1 Å². The summed E-state index contributed by atoms with van der Waals surface area (Å²) in [7, 11) is 0. The SMILES string of the molecule is Cl.O=C(C1CNC1)N1CCc2cc(F)ccc2C1. The maximum atomic E-state index is 13.1. The first-order valence-electron chi connectivity index (χ1n) is 6.01. The Morgan fingerprint density at radius 3 is 2.78 bits per heavy atom. The fraction of sp³-hybridized carbons (Fsp3) is 0.462. The van der Waals surface area contributed by atoms with E-state index in [4.69, 9.17) is 0 Å². The van der Waals surface area contributed by atoms with E-state index in [1.165, 1.54) is 6.07 Å². The molecule has 1 saturated heterocycles. The highest BCUT2D eigenvalue weighted by Gasteiger charge is 2.30. The van der Waals surface area contributed by atoms with Crippen LogP contribution in [0.2, 0.25) is 0 Å². The van der Waals surface area contributed by atoms with E-state index in [1.807, 2.05) is 4.90 Å². The van der Waals surface area contributed by atoms with Crippen LogP contribution in [0.25, 0.3) is 0 Å².